The summed E-state index contributed by atoms with van der Waals surface area (Å²) in [6.45, 7) is 3.95. The van der Waals surface area contributed by atoms with Gasteiger partial charge in [-0.1, -0.05) is 23.7 Å². The van der Waals surface area contributed by atoms with Gasteiger partial charge in [-0.05, 0) is 60.7 Å². The summed E-state index contributed by atoms with van der Waals surface area (Å²) < 4.78 is 32.5. The smallest absolute Gasteiger partial charge is 0.261 e. The number of carbonyl (C=O) groups excluding carboxylic acids is 1. The van der Waals surface area contributed by atoms with Crippen LogP contribution in [0.3, 0.4) is 0 Å². The molecule has 0 unspecified atom stereocenters. The number of benzene rings is 2. The summed E-state index contributed by atoms with van der Waals surface area (Å²) in [5.41, 5.74) is 1.37. The van der Waals surface area contributed by atoms with Crippen LogP contribution in [0.15, 0.2) is 48.5 Å². The molecule has 0 spiro atoms. The van der Waals surface area contributed by atoms with Crippen LogP contribution in [-0.4, -0.2) is 40.3 Å². The molecule has 6 nitrogen and oxygen atoms in total. The number of ether oxygens (including phenoxy) is 1. The van der Waals surface area contributed by atoms with Crippen LogP contribution in [0.5, 0.6) is 0 Å². The Labute approximate surface area is 191 Å². The summed E-state index contributed by atoms with van der Waals surface area (Å²) in [6, 6.07) is 14.3. The second-order valence-electron chi connectivity index (χ2n) is 7.04. The van der Waals surface area contributed by atoms with E-state index >= 15 is 0 Å². The Morgan fingerprint density at radius 3 is 2.58 bits per heavy atom. The highest BCUT2D eigenvalue weighted by Crippen LogP contribution is 2.31. The van der Waals surface area contributed by atoms with Gasteiger partial charge in [-0.3, -0.25) is 9.10 Å². The molecular formula is C22H25ClN2O4S2. The molecule has 0 aliphatic rings. The van der Waals surface area contributed by atoms with Gasteiger partial charge in [0.2, 0.25) is 10.0 Å². The molecule has 0 saturated heterocycles. The molecule has 1 N–H and O–H groups in total. The zero-order valence-corrected chi connectivity index (χ0v) is 19.8. The van der Waals surface area contributed by atoms with E-state index in [0.29, 0.717) is 35.3 Å². The minimum atomic E-state index is -3.51. The first-order chi connectivity index (χ1) is 14.8. The molecule has 9 heteroatoms. The minimum absolute atomic E-state index is 0.139. The van der Waals surface area contributed by atoms with Crippen molar-refractivity contribution in [2.45, 2.75) is 19.9 Å². The van der Waals surface area contributed by atoms with Gasteiger partial charge in [0.25, 0.3) is 5.91 Å². The van der Waals surface area contributed by atoms with E-state index in [9.17, 15) is 13.2 Å². The van der Waals surface area contributed by atoms with Crippen molar-refractivity contribution in [1.82, 2.24) is 5.32 Å². The molecule has 0 fully saturated rings. The lowest BCUT2D eigenvalue weighted by Crippen LogP contribution is -2.29. The van der Waals surface area contributed by atoms with Crippen LogP contribution < -0.4 is 9.62 Å². The van der Waals surface area contributed by atoms with Crippen molar-refractivity contribution in [3.05, 3.63) is 64.0 Å². The number of anilines is 1. The maximum atomic E-state index is 12.5. The fourth-order valence-corrected chi connectivity index (χ4v) is 5.03. The molecule has 1 amide bonds. The molecule has 2 aromatic carbocycles. The zero-order chi connectivity index (χ0) is 22.4. The van der Waals surface area contributed by atoms with Crippen molar-refractivity contribution < 1.29 is 17.9 Å². The number of fused-ring (bicyclic) bond motifs is 1. The van der Waals surface area contributed by atoms with E-state index in [-0.39, 0.29) is 12.5 Å². The predicted molar refractivity (Wildman–Crippen MR) is 128 cm³/mol. The molecule has 0 aliphatic heterocycles. The SMILES string of the molecule is CCOCCCNC(=O)c1cc2cc(N(Cc3ccc(Cl)cc3)S(C)(=O)=O)ccc2s1. The number of sulfonamides is 1. The van der Waals surface area contributed by atoms with E-state index in [4.69, 9.17) is 16.3 Å². The minimum Gasteiger partial charge on any atom is -0.382 e. The van der Waals surface area contributed by atoms with E-state index in [1.54, 1.807) is 42.5 Å². The monoisotopic (exact) mass is 480 g/mol. The quantitative estimate of drug-likeness (QED) is 0.427. The number of hydrogen-bond donors (Lipinski definition) is 1. The molecule has 0 atom stereocenters. The Morgan fingerprint density at radius 2 is 1.90 bits per heavy atom. The molecular weight excluding hydrogens is 456 g/mol. The highest BCUT2D eigenvalue weighted by atomic mass is 35.5. The van der Waals surface area contributed by atoms with Crippen molar-refractivity contribution in [1.29, 1.82) is 0 Å². The van der Waals surface area contributed by atoms with Crippen LogP contribution in [-0.2, 0) is 21.3 Å². The molecule has 0 radical (unpaired) electrons. The normalized spacial score (nSPS) is 11.6. The fraction of sp³-hybridized carbons (Fsp3) is 0.318. The third-order valence-electron chi connectivity index (χ3n) is 4.61. The molecule has 0 bridgehead atoms. The van der Waals surface area contributed by atoms with Crippen LogP contribution >= 0.6 is 22.9 Å². The van der Waals surface area contributed by atoms with Gasteiger partial charge >= 0.3 is 0 Å². The summed E-state index contributed by atoms with van der Waals surface area (Å²) in [7, 11) is -3.51. The molecule has 31 heavy (non-hydrogen) atoms. The number of hydrogen-bond acceptors (Lipinski definition) is 5. The summed E-state index contributed by atoms with van der Waals surface area (Å²) >= 11 is 7.31. The highest BCUT2D eigenvalue weighted by Gasteiger charge is 2.19. The van der Waals surface area contributed by atoms with Crippen LogP contribution in [0.1, 0.15) is 28.6 Å². The topological polar surface area (TPSA) is 75.7 Å². The molecule has 0 saturated carbocycles. The summed E-state index contributed by atoms with van der Waals surface area (Å²) in [4.78, 5) is 13.0. The van der Waals surface area contributed by atoms with Crippen molar-refractivity contribution in [3.8, 4) is 0 Å². The lowest BCUT2D eigenvalue weighted by atomic mass is 10.2. The molecule has 0 aliphatic carbocycles. The van der Waals surface area contributed by atoms with Crippen molar-refractivity contribution in [3.63, 3.8) is 0 Å². The first kappa shape index (κ1) is 23.5. The standard InChI is InChI=1S/C22H25ClN2O4S2/c1-3-29-12-4-11-24-22(26)21-14-17-13-19(9-10-20(17)30-21)25(31(2,27)28)15-16-5-7-18(23)8-6-16/h5-10,13-14H,3-4,11-12,15H2,1-2H3,(H,24,26). The Kier molecular flexibility index (Phi) is 7.94. The molecule has 3 aromatic rings. The lowest BCUT2D eigenvalue weighted by Gasteiger charge is -2.22. The average Bonchev–Trinajstić information content (AvgIpc) is 3.15. The maximum absolute atomic E-state index is 12.5. The second kappa shape index (κ2) is 10.5. The van der Waals surface area contributed by atoms with Gasteiger partial charge in [0.05, 0.1) is 23.4 Å². The number of nitrogens with zero attached hydrogens (tertiary/aromatic N) is 1. The average molecular weight is 481 g/mol. The second-order valence-corrected chi connectivity index (χ2v) is 10.5. The zero-order valence-electron chi connectivity index (χ0n) is 17.4. The Bertz CT molecular complexity index is 1140. The number of carbonyl (C=O) groups is 1. The van der Waals surface area contributed by atoms with E-state index in [0.717, 1.165) is 22.1 Å². The molecule has 3 rings (SSSR count). The van der Waals surface area contributed by atoms with Gasteiger partial charge in [-0.2, -0.15) is 0 Å². The van der Waals surface area contributed by atoms with E-state index in [1.807, 2.05) is 13.0 Å². The molecule has 1 aromatic heterocycles. The third kappa shape index (κ3) is 6.43. The first-order valence-electron chi connectivity index (χ1n) is 9.89. The van der Waals surface area contributed by atoms with Crippen LogP contribution in [0.4, 0.5) is 5.69 Å². The van der Waals surface area contributed by atoms with Crippen LogP contribution in [0.25, 0.3) is 10.1 Å². The number of rotatable bonds is 10. The van der Waals surface area contributed by atoms with Crippen molar-refractivity contribution in [2.75, 3.05) is 30.3 Å². The summed E-state index contributed by atoms with van der Waals surface area (Å²) in [6.07, 6.45) is 1.94. The number of nitrogens with one attached hydrogen (secondary N) is 1. The van der Waals surface area contributed by atoms with Gasteiger partial charge in [0, 0.05) is 29.5 Å². The van der Waals surface area contributed by atoms with Crippen molar-refractivity contribution in [2.24, 2.45) is 0 Å². The predicted octanol–water partition coefficient (Wildman–Crippen LogP) is 4.68. The van der Waals surface area contributed by atoms with Gasteiger partial charge in [0.15, 0.2) is 0 Å². The van der Waals surface area contributed by atoms with Gasteiger partial charge in [0.1, 0.15) is 0 Å². The number of halogens is 1. The van der Waals surface area contributed by atoms with Gasteiger partial charge in [-0.15, -0.1) is 11.3 Å². The number of thiophene rings is 1. The lowest BCUT2D eigenvalue weighted by molar-refractivity contribution is 0.0948. The van der Waals surface area contributed by atoms with E-state index in [1.165, 1.54) is 21.9 Å². The molecule has 1 heterocycles. The third-order valence-corrected chi connectivity index (χ3v) is 7.11. The maximum Gasteiger partial charge on any atom is 0.261 e. The Hall–Kier alpha value is -2.13. The first-order valence-corrected chi connectivity index (χ1v) is 12.9. The van der Waals surface area contributed by atoms with E-state index < -0.39 is 10.0 Å². The van der Waals surface area contributed by atoms with Gasteiger partial charge in [-0.25, -0.2) is 8.42 Å². The fourth-order valence-electron chi connectivity index (χ4n) is 3.06. The molecule has 166 valence electrons. The Morgan fingerprint density at radius 1 is 1.16 bits per heavy atom. The summed E-state index contributed by atoms with van der Waals surface area (Å²) in [5, 5.41) is 4.31. The van der Waals surface area contributed by atoms with Gasteiger partial charge < -0.3 is 10.1 Å². The van der Waals surface area contributed by atoms with Crippen LogP contribution in [0.2, 0.25) is 5.02 Å². The Balaban J connectivity index is 1.79. The summed E-state index contributed by atoms with van der Waals surface area (Å²) in [5.74, 6) is -0.139. The number of amides is 1. The largest absolute Gasteiger partial charge is 0.382 e. The van der Waals surface area contributed by atoms with E-state index in [2.05, 4.69) is 5.32 Å². The van der Waals surface area contributed by atoms with Crippen molar-refractivity contribution >= 4 is 54.6 Å². The highest BCUT2D eigenvalue weighted by molar-refractivity contribution is 7.92. The van der Waals surface area contributed by atoms with Crippen LogP contribution in [0, 0.1) is 0 Å².